The molecule has 0 aliphatic rings. The normalized spacial score (nSPS) is 10.5. The summed E-state index contributed by atoms with van der Waals surface area (Å²) in [7, 11) is 0. The predicted molar refractivity (Wildman–Crippen MR) is 77.9 cm³/mol. The minimum absolute atomic E-state index is 0.288. The van der Waals surface area contributed by atoms with Gasteiger partial charge in [0.2, 0.25) is 0 Å². The Morgan fingerprint density at radius 2 is 2.11 bits per heavy atom. The third-order valence-electron chi connectivity index (χ3n) is 2.72. The van der Waals surface area contributed by atoms with Gasteiger partial charge in [-0.1, -0.05) is 17.7 Å². The lowest BCUT2D eigenvalue weighted by Crippen LogP contribution is -2.18. The average molecular weight is 299 g/mol. The second-order valence-electron chi connectivity index (χ2n) is 4.01. The Bertz CT molecular complexity index is 575. The molecular weight excluding hydrogens is 286 g/mol. The van der Waals surface area contributed by atoms with Gasteiger partial charge in [0, 0.05) is 24.3 Å². The van der Waals surface area contributed by atoms with Gasteiger partial charge < -0.3 is 4.90 Å². The Labute approximate surface area is 121 Å². The second kappa shape index (κ2) is 6.22. The summed E-state index contributed by atoms with van der Waals surface area (Å²) in [6.45, 7) is 2.59. The van der Waals surface area contributed by atoms with Crippen LogP contribution in [-0.4, -0.2) is 11.5 Å². The van der Waals surface area contributed by atoms with E-state index in [1.807, 2.05) is 17.9 Å². The number of nitrogens with zero attached hydrogens (tertiary/aromatic N) is 2. The van der Waals surface area contributed by atoms with E-state index in [0.717, 1.165) is 11.3 Å². The quantitative estimate of drug-likeness (QED) is 0.756. The van der Waals surface area contributed by atoms with Crippen LogP contribution in [0.2, 0.25) is 5.02 Å². The van der Waals surface area contributed by atoms with Gasteiger partial charge in [0.1, 0.15) is 5.82 Å². The van der Waals surface area contributed by atoms with Crippen molar-refractivity contribution in [3.63, 3.8) is 0 Å². The van der Waals surface area contributed by atoms with E-state index in [9.17, 15) is 4.39 Å². The zero-order valence-electron chi connectivity index (χ0n) is 10.4. The van der Waals surface area contributed by atoms with Crippen molar-refractivity contribution in [2.45, 2.75) is 12.8 Å². The molecule has 0 radical (unpaired) electrons. The summed E-state index contributed by atoms with van der Waals surface area (Å²) in [5.41, 5.74) is 1.57. The first-order chi connectivity index (χ1) is 9.15. The Morgan fingerprint density at radius 1 is 1.32 bits per heavy atom. The lowest BCUT2D eigenvalue weighted by molar-refractivity contribution is 0.627. The number of pyridine rings is 1. The van der Waals surface area contributed by atoms with E-state index in [-0.39, 0.29) is 5.82 Å². The SMILES string of the molecule is CCN(c1cccc(F)c1)c1ncc(CCl)cc1Cl. The number of alkyl halides is 1. The first kappa shape index (κ1) is 14.1. The molecule has 1 heterocycles. The fraction of sp³-hybridized carbons (Fsp3) is 0.214. The predicted octanol–water partition coefficient (Wildman–Crippen LogP) is 4.77. The van der Waals surface area contributed by atoms with Gasteiger partial charge in [-0.05, 0) is 36.8 Å². The van der Waals surface area contributed by atoms with E-state index >= 15 is 0 Å². The third-order valence-corrected chi connectivity index (χ3v) is 3.31. The van der Waals surface area contributed by atoms with Crippen molar-refractivity contribution < 1.29 is 4.39 Å². The van der Waals surface area contributed by atoms with E-state index < -0.39 is 0 Å². The molecule has 1 aromatic carbocycles. The average Bonchev–Trinajstić information content (AvgIpc) is 2.41. The molecule has 0 atom stereocenters. The first-order valence-corrected chi connectivity index (χ1v) is 6.80. The van der Waals surface area contributed by atoms with Crippen LogP contribution in [0.5, 0.6) is 0 Å². The highest BCUT2D eigenvalue weighted by Crippen LogP contribution is 2.30. The summed E-state index contributed by atoms with van der Waals surface area (Å²) < 4.78 is 13.3. The van der Waals surface area contributed by atoms with E-state index in [2.05, 4.69) is 4.98 Å². The van der Waals surface area contributed by atoms with Crippen LogP contribution in [0, 0.1) is 5.82 Å². The zero-order valence-corrected chi connectivity index (χ0v) is 11.9. The van der Waals surface area contributed by atoms with Crippen LogP contribution in [0.3, 0.4) is 0 Å². The van der Waals surface area contributed by atoms with E-state index in [1.54, 1.807) is 18.3 Å². The van der Waals surface area contributed by atoms with Crippen molar-refractivity contribution in [2.75, 3.05) is 11.4 Å². The summed E-state index contributed by atoms with van der Waals surface area (Å²) in [5, 5.41) is 0.504. The number of benzene rings is 1. The first-order valence-electron chi connectivity index (χ1n) is 5.89. The van der Waals surface area contributed by atoms with Crippen LogP contribution in [0.1, 0.15) is 12.5 Å². The molecule has 0 spiro atoms. The Hall–Kier alpha value is -1.32. The number of hydrogen-bond donors (Lipinski definition) is 0. The molecule has 100 valence electrons. The van der Waals surface area contributed by atoms with Crippen LogP contribution in [0.4, 0.5) is 15.9 Å². The summed E-state index contributed by atoms with van der Waals surface area (Å²) in [6.07, 6.45) is 1.68. The molecule has 0 aliphatic heterocycles. The van der Waals surface area contributed by atoms with Crippen LogP contribution in [-0.2, 0) is 5.88 Å². The summed E-state index contributed by atoms with van der Waals surface area (Å²) in [6, 6.07) is 8.12. The molecule has 2 rings (SSSR count). The molecule has 0 saturated heterocycles. The number of rotatable bonds is 4. The molecule has 0 unspecified atom stereocenters. The fourth-order valence-electron chi connectivity index (χ4n) is 1.84. The molecule has 19 heavy (non-hydrogen) atoms. The van der Waals surface area contributed by atoms with Crippen molar-refractivity contribution >= 4 is 34.7 Å². The van der Waals surface area contributed by atoms with Gasteiger partial charge in [0.15, 0.2) is 5.82 Å². The van der Waals surface area contributed by atoms with Crippen LogP contribution >= 0.6 is 23.2 Å². The smallest absolute Gasteiger partial charge is 0.151 e. The van der Waals surface area contributed by atoms with Gasteiger partial charge in [-0.15, -0.1) is 11.6 Å². The number of hydrogen-bond acceptors (Lipinski definition) is 2. The highest BCUT2D eigenvalue weighted by atomic mass is 35.5. The van der Waals surface area contributed by atoms with Crippen molar-refractivity contribution in [2.24, 2.45) is 0 Å². The van der Waals surface area contributed by atoms with E-state index in [0.29, 0.717) is 23.3 Å². The molecule has 0 saturated carbocycles. The summed E-state index contributed by atoms with van der Waals surface area (Å²) in [4.78, 5) is 6.16. The van der Waals surface area contributed by atoms with Gasteiger partial charge in [-0.3, -0.25) is 0 Å². The molecule has 0 fully saturated rings. The van der Waals surface area contributed by atoms with Crippen molar-refractivity contribution in [1.29, 1.82) is 0 Å². The highest BCUT2D eigenvalue weighted by molar-refractivity contribution is 6.33. The van der Waals surface area contributed by atoms with Gasteiger partial charge in [0.25, 0.3) is 0 Å². The van der Waals surface area contributed by atoms with Gasteiger partial charge in [-0.25, -0.2) is 9.37 Å². The molecule has 1 aromatic heterocycles. The maximum atomic E-state index is 13.3. The standard InChI is InChI=1S/C14H13Cl2FN2/c1-2-19(12-5-3-4-11(17)7-12)14-13(16)6-10(8-15)9-18-14/h3-7,9H,2,8H2,1H3. The van der Waals surface area contributed by atoms with Crippen molar-refractivity contribution in [3.8, 4) is 0 Å². The number of aromatic nitrogens is 1. The van der Waals surface area contributed by atoms with Gasteiger partial charge >= 0.3 is 0 Å². The third kappa shape index (κ3) is 3.17. The highest BCUT2D eigenvalue weighted by Gasteiger charge is 2.13. The summed E-state index contributed by atoms with van der Waals surface area (Å²) >= 11 is 12.0. The Kier molecular flexibility index (Phi) is 4.61. The van der Waals surface area contributed by atoms with Crippen LogP contribution < -0.4 is 4.90 Å². The summed E-state index contributed by atoms with van der Waals surface area (Å²) in [5.74, 6) is 0.673. The Balaban J connectivity index is 2.42. The number of halogens is 3. The van der Waals surface area contributed by atoms with Gasteiger partial charge in [0.05, 0.1) is 5.02 Å². The largest absolute Gasteiger partial charge is 0.325 e. The molecule has 0 aliphatic carbocycles. The van der Waals surface area contributed by atoms with Crippen molar-refractivity contribution in [3.05, 3.63) is 52.9 Å². The van der Waals surface area contributed by atoms with Gasteiger partial charge in [-0.2, -0.15) is 0 Å². The lowest BCUT2D eigenvalue weighted by atomic mass is 10.2. The minimum atomic E-state index is -0.288. The topological polar surface area (TPSA) is 16.1 Å². The van der Waals surface area contributed by atoms with Crippen LogP contribution in [0.25, 0.3) is 0 Å². The molecule has 0 bridgehead atoms. The van der Waals surface area contributed by atoms with E-state index in [1.165, 1.54) is 12.1 Å². The molecule has 0 amide bonds. The second-order valence-corrected chi connectivity index (χ2v) is 4.68. The number of anilines is 2. The molecule has 0 N–H and O–H groups in total. The monoisotopic (exact) mass is 298 g/mol. The Morgan fingerprint density at radius 3 is 2.68 bits per heavy atom. The maximum absolute atomic E-state index is 13.3. The molecule has 2 aromatic rings. The maximum Gasteiger partial charge on any atom is 0.151 e. The minimum Gasteiger partial charge on any atom is -0.325 e. The molecular formula is C14H13Cl2FN2. The van der Waals surface area contributed by atoms with E-state index in [4.69, 9.17) is 23.2 Å². The fourth-order valence-corrected chi connectivity index (χ4v) is 2.28. The zero-order chi connectivity index (χ0) is 13.8. The lowest BCUT2D eigenvalue weighted by Gasteiger charge is -2.23. The molecule has 2 nitrogen and oxygen atoms in total. The molecule has 5 heteroatoms. The van der Waals surface area contributed by atoms with Crippen molar-refractivity contribution in [1.82, 2.24) is 4.98 Å². The van der Waals surface area contributed by atoms with Crippen LogP contribution in [0.15, 0.2) is 36.5 Å².